The van der Waals surface area contributed by atoms with Crippen LogP contribution < -0.4 is 10.1 Å². The standard InChI is InChI=1S/C19H12Cl2N2O2S2/c20-11-5-6-15(13(21)9-11)25-10-17(24)23-18-12(7-8-26-18)19-22-14-3-1-2-4-16(14)27-19/h1-9H,10H2,(H,23,24). The molecule has 2 aromatic heterocycles. The molecule has 0 saturated carbocycles. The molecule has 1 N–H and O–H groups in total. The molecule has 0 fully saturated rings. The number of hydrogen-bond donors (Lipinski definition) is 1. The molecule has 4 aromatic rings. The lowest BCUT2D eigenvalue weighted by atomic mass is 10.3. The van der Waals surface area contributed by atoms with Crippen molar-refractivity contribution in [2.45, 2.75) is 0 Å². The summed E-state index contributed by atoms with van der Waals surface area (Å²) in [5.41, 5.74) is 1.85. The highest BCUT2D eigenvalue weighted by molar-refractivity contribution is 7.22. The lowest BCUT2D eigenvalue weighted by Gasteiger charge is -2.09. The van der Waals surface area contributed by atoms with Gasteiger partial charge < -0.3 is 10.1 Å². The van der Waals surface area contributed by atoms with Gasteiger partial charge >= 0.3 is 0 Å². The molecule has 136 valence electrons. The Kier molecular flexibility index (Phi) is 5.31. The molecular formula is C19H12Cl2N2O2S2. The molecule has 1 amide bonds. The van der Waals surface area contributed by atoms with Crippen molar-refractivity contribution >= 4 is 67.0 Å². The van der Waals surface area contributed by atoms with E-state index in [1.807, 2.05) is 35.7 Å². The number of halogens is 2. The summed E-state index contributed by atoms with van der Waals surface area (Å²) in [6.07, 6.45) is 0. The minimum Gasteiger partial charge on any atom is -0.482 e. The quantitative estimate of drug-likeness (QED) is 0.398. The zero-order valence-corrected chi connectivity index (χ0v) is 16.9. The average molecular weight is 435 g/mol. The monoisotopic (exact) mass is 434 g/mol. The van der Waals surface area contributed by atoms with Crippen LogP contribution in [0.5, 0.6) is 5.75 Å². The molecule has 0 radical (unpaired) electrons. The number of fused-ring (bicyclic) bond motifs is 1. The van der Waals surface area contributed by atoms with Crippen molar-refractivity contribution < 1.29 is 9.53 Å². The Hall–Kier alpha value is -2.12. The number of carbonyl (C=O) groups is 1. The number of thiophene rings is 1. The van der Waals surface area contributed by atoms with E-state index in [0.717, 1.165) is 25.8 Å². The molecule has 0 atom stereocenters. The highest BCUT2D eigenvalue weighted by Gasteiger charge is 2.15. The van der Waals surface area contributed by atoms with Crippen LogP contribution in [0, 0.1) is 0 Å². The fraction of sp³-hybridized carbons (Fsp3) is 0.0526. The van der Waals surface area contributed by atoms with Crippen molar-refractivity contribution in [3.63, 3.8) is 0 Å². The number of nitrogens with one attached hydrogen (secondary N) is 1. The normalized spacial score (nSPS) is 10.9. The number of ether oxygens (including phenoxy) is 1. The molecule has 27 heavy (non-hydrogen) atoms. The summed E-state index contributed by atoms with van der Waals surface area (Å²) < 4.78 is 6.59. The Morgan fingerprint density at radius 2 is 2.00 bits per heavy atom. The number of amides is 1. The van der Waals surface area contributed by atoms with Crippen LogP contribution in [0.4, 0.5) is 5.00 Å². The number of benzene rings is 2. The number of para-hydroxylation sites is 1. The van der Waals surface area contributed by atoms with Crippen LogP contribution in [-0.2, 0) is 4.79 Å². The lowest BCUT2D eigenvalue weighted by Crippen LogP contribution is -2.20. The van der Waals surface area contributed by atoms with Crippen molar-refractivity contribution in [2.24, 2.45) is 0 Å². The number of aromatic nitrogens is 1. The Morgan fingerprint density at radius 1 is 1.15 bits per heavy atom. The van der Waals surface area contributed by atoms with Crippen molar-refractivity contribution in [3.8, 4) is 16.3 Å². The second kappa shape index (κ2) is 7.86. The largest absolute Gasteiger partial charge is 0.482 e. The minimum absolute atomic E-state index is 0.154. The molecule has 2 heterocycles. The smallest absolute Gasteiger partial charge is 0.262 e. The van der Waals surface area contributed by atoms with Gasteiger partial charge in [0, 0.05) is 10.6 Å². The zero-order valence-electron chi connectivity index (χ0n) is 13.7. The summed E-state index contributed by atoms with van der Waals surface area (Å²) in [5.74, 6) is 0.139. The lowest BCUT2D eigenvalue weighted by molar-refractivity contribution is -0.118. The summed E-state index contributed by atoms with van der Waals surface area (Å²) in [6.45, 7) is -0.154. The number of anilines is 1. The summed E-state index contributed by atoms with van der Waals surface area (Å²) in [7, 11) is 0. The van der Waals surface area contributed by atoms with E-state index in [0.29, 0.717) is 15.8 Å². The number of nitrogens with zero attached hydrogens (tertiary/aromatic N) is 1. The van der Waals surface area contributed by atoms with Gasteiger partial charge in [0.1, 0.15) is 15.8 Å². The first kappa shape index (κ1) is 18.3. The molecule has 0 spiro atoms. The van der Waals surface area contributed by atoms with Crippen LogP contribution in [0.1, 0.15) is 0 Å². The Bertz CT molecular complexity index is 1090. The topological polar surface area (TPSA) is 51.2 Å². The third-order valence-electron chi connectivity index (χ3n) is 3.70. The second-order valence-electron chi connectivity index (χ2n) is 5.56. The van der Waals surface area contributed by atoms with Gasteiger partial charge in [0.05, 0.1) is 15.2 Å². The maximum absolute atomic E-state index is 12.3. The summed E-state index contributed by atoms with van der Waals surface area (Å²) in [5, 5.41) is 7.29. The van der Waals surface area contributed by atoms with Crippen molar-refractivity contribution in [3.05, 3.63) is 64.0 Å². The Labute approximate surface area is 173 Å². The third-order valence-corrected chi connectivity index (χ3v) is 6.13. The van der Waals surface area contributed by atoms with E-state index >= 15 is 0 Å². The van der Waals surface area contributed by atoms with Crippen LogP contribution in [0.25, 0.3) is 20.8 Å². The van der Waals surface area contributed by atoms with Crippen molar-refractivity contribution in [1.82, 2.24) is 4.98 Å². The Morgan fingerprint density at radius 3 is 2.81 bits per heavy atom. The molecule has 8 heteroatoms. The highest BCUT2D eigenvalue weighted by Crippen LogP contribution is 2.37. The van der Waals surface area contributed by atoms with Gasteiger partial charge in [0.25, 0.3) is 5.91 Å². The van der Waals surface area contributed by atoms with Gasteiger partial charge in [-0.15, -0.1) is 22.7 Å². The maximum atomic E-state index is 12.3. The van der Waals surface area contributed by atoms with Gasteiger partial charge in [0.2, 0.25) is 0 Å². The van der Waals surface area contributed by atoms with Gasteiger partial charge in [-0.2, -0.15) is 0 Å². The molecular weight excluding hydrogens is 423 g/mol. The van der Waals surface area contributed by atoms with Gasteiger partial charge in [0.15, 0.2) is 6.61 Å². The fourth-order valence-electron chi connectivity index (χ4n) is 2.46. The van der Waals surface area contributed by atoms with Crippen LogP contribution >= 0.6 is 45.9 Å². The first-order valence-electron chi connectivity index (χ1n) is 7.91. The molecule has 0 aliphatic heterocycles. The van der Waals surface area contributed by atoms with E-state index in [4.69, 9.17) is 27.9 Å². The summed E-state index contributed by atoms with van der Waals surface area (Å²) >= 11 is 14.9. The average Bonchev–Trinajstić information content (AvgIpc) is 3.27. The van der Waals surface area contributed by atoms with Crippen molar-refractivity contribution in [1.29, 1.82) is 0 Å². The molecule has 4 nitrogen and oxygen atoms in total. The van der Waals surface area contributed by atoms with Crippen LogP contribution in [-0.4, -0.2) is 17.5 Å². The second-order valence-corrected chi connectivity index (χ2v) is 8.35. The molecule has 0 unspecified atom stereocenters. The first-order valence-corrected chi connectivity index (χ1v) is 10.4. The molecule has 0 aliphatic rings. The Balaban J connectivity index is 1.47. The fourth-order valence-corrected chi connectivity index (χ4v) is 4.79. The summed E-state index contributed by atoms with van der Waals surface area (Å²) in [4.78, 5) is 17.0. The number of carbonyl (C=O) groups excluding carboxylic acids is 1. The number of thiazole rings is 1. The number of rotatable bonds is 5. The van der Waals surface area contributed by atoms with E-state index in [-0.39, 0.29) is 12.5 Å². The predicted octanol–water partition coefficient (Wildman–Crippen LogP) is 6.35. The van der Waals surface area contributed by atoms with Crippen LogP contribution in [0.15, 0.2) is 53.9 Å². The zero-order chi connectivity index (χ0) is 18.8. The van der Waals surface area contributed by atoms with E-state index in [1.54, 1.807) is 29.5 Å². The first-order chi connectivity index (χ1) is 13.1. The predicted molar refractivity (Wildman–Crippen MR) is 114 cm³/mol. The van der Waals surface area contributed by atoms with Gasteiger partial charge in [-0.25, -0.2) is 4.98 Å². The maximum Gasteiger partial charge on any atom is 0.262 e. The molecule has 0 saturated heterocycles. The van der Waals surface area contributed by atoms with E-state index in [1.165, 1.54) is 11.3 Å². The molecule has 0 bridgehead atoms. The van der Waals surface area contributed by atoms with E-state index in [9.17, 15) is 4.79 Å². The summed E-state index contributed by atoms with van der Waals surface area (Å²) in [6, 6.07) is 14.8. The number of hydrogen-bond acceptors (Lipinski definition) is 5. The molecule has 2 aromatic carbocycles. The SMILES string of the molecule is O=C(COc1ccc(Cl)cc1Cl)Nc1sccc1-c1nc2ccccc2s1. The molecule has 0 aliphatic carbocycles. The van der Waals surface area contributed by atoms with Gasteiger partial charge in [-0.1, -0.05) is 35.3 Å². The van der Waals surface area contributed by atoms with Crippen LogP contribution in [0.3, 0.4) is 0 Å². The highest BCUT2D eigenvalue weighted by atomic mass is 35.5. The van der Waals surface area contributed by atoms with Crippen LogP contribution in [0.2, 0.25) is 10.0 Å². The van der Waals surface area contributed by atoms with E-state index < -0.39 is 0 Å². The van der Waals surface area contributed by atoms with Gasteiger partial charge in [-0.3, -0.25) is 4.79 Å². The minimum atomic E-state index is -0.272. The van der Waals surface area contributed by atoms with Gasteiger partial charge in [-0.05, 0) is 41.8 Å². The third kappa shape index (κ3) is 4.09. The van der Waals surface area contributed by atoms with E-state index in [2.05, 4.69) is 10.3 Å². The molecule has 4 rings (SSSR count). The van der Waals surface area contributed by atoms with Crippen molar-refractivity contribution in [2.75, 3.05) is 11.9 Å².